The molecule has 5 nitrogen and oxygen atoms in total. The third-order valence-electron chi connectivity index (χ3n) is 2.83. The van der Waals surface area contributed by atoms with Crippen LogP contribution in [-0.4, -0.2) is 23.5 Å². The second-order valence-corrected chi connectivity index (χ2v) is 4.08. The smallest absolute Gasteiger partial charge is 0.257 e. The first-order valence-corrected chi connectivity index (χ1v) is 5.40. The Labute approximate surface area is 93.0 Å². The van der Waals surface area contributed by atoms with Crippen molar-refractivity contribution in [1.82, 2.24) is 10.3 Å². The molecule has 0 aromatic carbocycles. The van der Waals surface area contributed by atoms with Crippen molar-refractivity contribution in [2.75, 3.05) is 6.54 Å². The number of nitrogens with one attached hydrogen (secondary N) is 2. The summed E-state index contributed by atoms with van der Waals surface area (Å²) in [6, 6.07) is 1.33. The van der Waals surface area contributed by atoms with Crippen molar-refractivity contribution in [3.05, 3.63) is 34.2 Å². The number of H-pyrrole nitrogens is 1. The van der Waals surface area contributed by atoms with Crippen molar-refractivity contribution in [3.8, 4) is 0 Å². The third kappa shape index (κ3) is 2.30. The van der Waals surface area contributed by atoms with Crippen molar-refractivity contribution in [3.63, 3.8) is 0 Å². The molecule has 86 valence electrons. The number of hydrogen-bond donors (Lipinski definition) is 3. The van der Waals surface area contributed by atoms with Crippen LogP contribution < -0.4 is 16.5 Å². The molecular weight excluding hydrogens is 206 g/mol. The highest BCUT2D eigenvalue weighted by molar-refractivity contribution is 5.93. The van der Waals surface area contributed by atoms with Crippen LogP contribution in [0.2, 0.25) is 0 Å². The summed E-state index contributed by atoms with van der Waals surface area (Å²) in [7, 11) is 0. The lowest BCUT2D eigenvalue weighted by Gasteiger charge is -2.15. The Morgan fingerprint density at radius 2 is 2.38 bits per heavy atom. The second-order valence-electron chi connectivity index (χ2n) is 4.08. The molecule has 2 rings (SSSR count). The predicted molar refractivity (Wildman–Crippen MR) is 60.1 cm³/mol. The molecule has 0 radical (unpaired) electrons. The molecule has 0 aliphatic heterocycles. The van der Waals surface area contributed by atoms with E-state index in [0.29, 0.717) is 12.5 Å². The Morgan fingerprint density at radius 1 is 1.62 bits per heavy atom. The fourth-order valence-corrected chi connectivity index (χ4v) is 1.71. The summed E-state index contributed by atoms with van der Waals surface area (Å²) in [5.74, 6) is 0.140. The number of carbonyl (C=O) groups is 1. The molecule has 1 saturated carbocycles. The van der Waals surface area contributed by atoms with E-state index in [1.807, 2.05) is 0 Å². The Balaban J connectivity index is 2.07. The van der Waals surface area contributed by atoms with Crippen LogP contribution in [-0.2, 0) is 0 Å². The average molecular weight is 221 g/mol. The maximum Gasteiger partial charge on any atom is 0.257 e. The van der Waals surface area contributed by atoms with E-state index in [9.17, 15) is 9.59 Å². The molecule has 5 heteroatoms. The molecule has 1 aliphatic carbocycles. The number of aromatic amines is 1. The number of hydrogen-bond acceptors (Lipinski definition) is 3. The van der Waals surface area contributed by atoms with Gasteiger partial charge in [-0.05, 0) is 18.8 Å². The van der Waals surface area contributed by atoms with Gasteiger partial charge < -0.3 is 16.0 Å². The van der Waals surface area contributed by atoms with Crippen LogP contribution in [0.25, 0.3) is 0 Å². The van der Waals surface area contributed by atoms with Crippen LogP contribution in [0.4, 0.5) is 0 Å². The summed E-state index contributed by atoms with van der Waals surface area (Å²) in [4.78, 5) is 25.9. The molecule has 1 atom stereocenters. The largest absolute Gasteiger partial charge is 0.367 e. The van der Waals surface area contributed by atoms with E-state index >= 15 is 0 Å². The quantitative estimate of drug-likeness (QED) is 0.660. The first kappa shape index (κ1) is 10.9. The highest BCUT2D eigenvalue weighted by atomic mass is 16.2. The molecule has 1 amide bonds. The molecule has 0 bridgehead atoms. The first-order valence-electron chi connectivity index (χ1n) is 5.40. The van der Waals surface area contributed by atoms with Crippen molar-refractivity contribution < 1.29 is 4.79 Å². The third-order valence-corrected chi connectivity index (χ3v) is 2.83. The van der Waals surface area contributed by atoms with Gasteiger partial charge in [0.05, 0.1) is 0 Å². The number of pyridine rings is 1. The molecule has 0 spiro atoms. The minimum Gasteiger partial charge on any atom is -0.367 e. The zero-order chi connectivity index (χ0) is 11.5. The zero-order valence-electron chi connectivity index (χ0n) is 8.90. The molecule has 4 N–H and O–H groups in total. The fraction of sp³-hybridized carbons (Fsp3) is 0.455. The molecule has 1 aliphatic rings. The van der Waals surface area contributed by atoms with Crippen LogP contribution in [0, 0.1) is 5.92 Å². The van der Waals surface area contributed by atoms with Gasteiger partial charge in [-0.1, -0.05) is 0 Å². The van der Waals surface area contributed by atoms with Crippen LogP contribution in [0.1, 0.15) is 23.2 Å². The Morgan fingerprint density at radius 3 is 2.94 bits per heavy atom. The van der Waals surface area contributed by atoms with Gasteiger partial charge in [-0.2, -0.15) is 0 Å². The van der Waals surface area contributed by atoms with Crippen LogP contribution >= 0.6 is 0 Å². The standard InChI is InChI=1S/C11H15N3O2/c12-5-9(7-1-2-7)14-11(16)8-6-13-4-3-10(8)15/h3-4,6-7,9H,1-2,5,12H2,(H,13,15)(H,14,16). The molecule has 16 heavy (non-hydrogen) atoms. The van der Waals surface area contributed by atoms with Crippen molar-refractivity contribution in [2.45, 2.75) is 18.9 Å². The normalized spacial score (nSPS) is 16.8. The maximum absolute atomic E-state index is 11.8. The summed E-state index contributed by atoms with van der Waals surface area (Å²) >= 11 is 0. The minimum absolute atomic E-state index is 0.00731. The van der Waals surface area contributed by atoms with E-state index in [4.69, 9.17) is 5.73 Å². The van der Waals surface area contributed by atoms with Crippen molar-refractivity contribution >= 4 is 5.91 Å². The number of nitrogens with two attached hydrogens (primary N) is 1. The highest BCUT2D eigenvalue weighted by Gasteiger charge is 2.31. The summed E-state index contributed by atoms with van der Waals surface area (Å²) in [6.45, 7) is 0.418. The van der Waals surface area contributed by atoms with E-state index in [1.165, 1.54) is 18.5 Å². The summed E-state index contributed by atoms with van der Waals surface area (Å²) in [6.07, 6.45) is 5.12. The Hall–Kier alpha value is -1.62. The molecular formula is C11H15N3O2. The first-order chi connectivity index (χ1) is 7.72. The zero-order valence-corrected chi connectivity index (χ0v) is 8.90. The number of rotatable bonds is 4. The lowest BCUT2D eigenvalue weighted by atomic mass is 10.1. The summed E-state index contributed by atoms with van der Waals surface area (Å²) < 4.78 is 0. The second kappa shape index (κ2) is 4.49. The van der Waals surface area contributed by atoms with E-state index in [1.54, 1.807) is 0 Å². The molecule has 1 unspecified atom stereocenters. The van der Waals surface area contributed by atoms with E-state index < -0.39 is 0 Å². The SMILES string of the molecule is NCC(NC(=O)c1c[nH]ccc1=O)C1CC1. The van der Waals surface area contributed by atoms with E-state index in [2.05, 4.69) is 10.3 Å². The minimum atomic E-state index is -0.343. The predicted octanol–water partition coefficient (Wildman–Crippen LogP) is -0.158. The van der Waals surface area contributed by atoms with Crippen LogP contribution in [0.5, 0.6) is 0 Å². The topological polar surface area (TPSA) is 88.0 Å². The molecule has 0 saturated heterocycles. The van der Waals surface area contributed by atoms with Gasteiger partial charge in [0.15, 0.2) is 5.43 Å². The summed E-state index contributed by atoms with van der Waals surface area (Å²) in [5, 5.41) is 2.80. The monoisotopic (exact) mass is 221 g/mol. The molecule has 1 heterocycles. The van der Waals surface area contributed by atoms with Crippen molar-refractivity contribution in [1.29, 1.82) is 0 Å². The van der Waals surface area contributed by atoms with Crippen LogP contribution in [0.15, 0.2) is 23.3 Å². The van der Waals surface area contributed by atoms with E-state index in [-0.39, 0.29) is 22.9 Å². The number of aromatic nitrogens is 1. The Kier molecular flexibility index (Phi) is 3.05. The molecule has 1 aromatic rings. The average Bonchev–Trinajstić information content (AvgIpc) is 3.10. The lowest BCUT2D eigenvalue weighted by Crippen LogP contribution is -2.43. The van der Waals surface area contributed by atoms with Gasteiger partial charge in [0.25, 0.3) is 5.91 Å². The lowest BCUT2D eigenvalue weighted by molar-refractivity contribution is 0.0932. The summed E-state index contributed by atoms with van der Waals surface area (Å²) in [5.41, 5.74) is 5.44. The maximum atomic E-state index is 11.8. The fourth-order valence-electron chi connectivity index (χ4n) is 1.71. The van der Waals surface area contributed by atoms with Crippen molar-refractivity contribution in [2.24, 2.45) is 11.7 Å². The highest BCUT2D eigenvalue weighted by Crippen LogP contribution is 2.32. The van der Waals surface area contributed by atoms with Gasteiger partial charge in [0, 0.05) is 31.0 Å². The molecule has 1 aromatic heterocycles. The van der Waals surface area contributed by atoms with Gasteiger partial charge in [0.1, 0.15) is 5.56 Å². The van der Waals surface area contributed by atoms with E-state index in [0.717, 1.165) is 12.8 Å². The van der Waals surface area contributed by atoms with Gasteiger partial charge in [-0.25, -0.2) is 0 Å². The molecule has 1 fully saturated rings. The van der Waals surface area contributed by atoms with Gasteiger partial charge in [-0.3, -0.25) is 9.59 Å². The van der Waals surface area contributed by atoms with Crippen LogP contribution in [0.3, 0.4) is 0 Å². The van der Waals surface area contributed by atoms with Gasteiger partial charge in [-0.15, -0.1) is 0 Å². The Bertz CT molecular complexity index is 437. The van der Waals surface area contributed by atoms with Gasteiger partial charge in [0.2, 0.25) is 0 Å². The number of amides is 1. The number of carbonyl (C=O) groups excluding carboxylic acids is 1. The van der Waals surface area contributed by atoms with Gasteiger partial charge >= 0.3 is 0 Å².